The summed E-state index contributed by atoms with van der Waals surface area (Å²) < 4.78 is 10.3. The first-order valence-corrected chi connectivity index (χ1v) is 8.44. The van der Waals surface area contributed by atoms with Crippen LogP contribution in [-0.4, -0.2) is 26.2 Å². The molecule has 0 radical (unpaired) electrons. The van der Waals surface area contributed by atoms with Crippen LogP contribution in [0.4, 0.5) is 11.4 Å². The van der Waals surface area contributed by atoms with Crippen LogP contribution in [0.25, 0.3) is 6.08 Å². The third kappa shape index (κ3) is 4.87. The predicted octanol–water partition coefficient (Wildman–Crippen LogP) is 4.32. The lowest BCUT2D eigenvalue weighted by atomic mass is 10.1. The number of benzene rings is 2. The highest BCUT2D eigenvalue weighted by atomic mass is 16.5. The number of rotatable bonds is 7. The largest absolute Gasteiger partial charge is 0.494 e. The lowest BCUT2D eigenvalue weighted by molar-refractivity contribution is -0.137. The van der Waals surface area contributed by atoms with Gasteiger partial charge in [0, 0.05) is 18.4 Å². The lowest BCUT2D eigenvalue weighted by Crippen LogP contribution is -2.09. The molecule has 0 fully saturated rings. The normalized spacial score (nSPS) is 10.8. The number of carbonyl (C=O) groups is 1. The molecule has 0 N–H and O–H groups in total. The highest BCUT2D eigenvalue weighted by Crippen LogP contribution is 2.26. The lowest BCUT2D eigenvalue weighted by Gasteiger charge is -2.20. The van der Waals surface area contributed by atoms with E-state index in [2.05, 4.69) is 0 Å². The minimum Gasteiger partial charge on any atom is -0.494 e. The van der Waals surface area contributed by atoms with Crippen LogP contribution in [0, 0.1) is 11.3 Å². The zero-order chi connectivity index (χ0) is 18.9. The summed E-state index contributed by atoms with van der Waals surface area (Å²) in [6.07, 6.45) is 1.53. The first kappa shape index (κ1) is 19.1. The van der Waals surface area contributed by atoms with Crippen LogP contribution >= 0.6 is 0 Å². The van der Waals surface area contributed by atoms with Gasteiger partial charge in [0.25, 0.3) is 0 Å². The van der Waals surface area contributed by atoms with Crippen LogP contribution in [0.15, 0.2) is 54.1 Å². The summed E-state index contributed by atoms with van der Waals surface area (Å²) in [5, 5.41) is 9.10. The second-order valence-electron chi connectivity index (χ2n) is 5.47. The van der Waals surface area contributed by atoms with Crippen molar-refractivity contribution in [3.63, 3.8) is 0 Å². The maximum atomic E-state index is 11.7. The third-order valence-electron chi connectivity index (χ3n) is 3.74. The summed E-state index contributed by atoms with van der Waals surface area (Å²) in [5.41, 5.74) is 2.76. The Labute approximate surface area is 154 Å². The number of ether oxygens (including phenoxy) is 2. The maximum Gasteiger partial charge on any atom is 0.348 e. The Balaban J connectivity index is 2.15. The van der Waals surface area contributed by atoms with Gasteiger partial charge in [0.05, 0.1) is 13.2 Å². The average molecular weight is 350 g/mol. The molecule has 2 aromatic rings. The number of nitrogens with zero attached hydrogens (tertiary/aromatic N) is 2. The van der Waals surface area contributed by atoms with E-state index in [0.29, 0.717) is 6.61 Å². The number of nitriles is 1. The van der Waals surface area contributed by atoms with E-state index in [4.69, 9.17) is 14.7 Å². The van der Waals surface area contributed by atoms with Gasteiger partial charge in [-0.15, -0.1) is 0 Å². The van der Waals surface area contributed by atoms with Crippen molar-refractivity contribution in [3.05, 3.63) is 59.7 Å². The van der Waals surface area contributed by atoms with Crippen molar-refractivity contribution in [1.82, 2.24) is 0 Å². The Kier molecular flexibility index (Phi) is 6.81. The molecule has 0 heterocycles. The van der Waals surface area contributed by atoms with E-state index < -0.39 is 5.97 Å². The van der Waals surface area contributed by atoms with Gasteiger partial charge in [0.2, 0.25) is 0 Å². The summed E-state index contributed by atoms with van der Waals surface area (Å²) in [5.74, 6) is 0.235. The van der Waals surface area contributed by atoms with Crippen LogP contribution in [0.5, 0.6) is 5.75 Å². The van der Waals surface area contributed by atoms with Gasteiger partial charge < -0.3 is 14.4 Å². The summed E-state index contributed by atoms with van der Waals surface area (Å²) in [6.45, 7) is 4.54. The van der Waals surface area contributed by atoms with Crippen LogP contribution < -0.4 is 9.64 Å². The Morgan fingerprint density at radius 1 is 1.04 bits per heavy atom. The topological polar surface area (TPSA) is 62.6 Å². The molecular formula is C21H22N2O3. The molecule has 0 unspecified atom stereocenters. The van der Waals surface area contributed by atoms with E-state index >= 15 is 0 Å². The van der Waals surface area contributed by atoms with Crippen LogP contribution in [0.1, 0.15) is 19.4 Å². The summed E-state index contributed by atoms with van der Waals surface area (Å²) >= 11 is 0. The van der Waals surface area contributed by atoms with Crippen molar-refractivity contribution in [2.45, 2.75) is 13.8 Å². The fourth-order valence-corrected chi connectivity index (χ4v) is 2.39. The van der Waals surface area contributed by atoms with Crippen molar-refractivity contribution in [2.24, 2.45) is 0 Å². The molecule has 26 heavy (non-hydrogen) atoms. The first-order chi connectivity index (χ1) is 12.6. The van der Waals surface area contributed by atoms with Crippen molar-refractivity contribution in [1.29, 1.82) is 5.26 Å². The SMILES string of the molecule is CCOC(=O)C(C#N)=Cc1ccc(N(C)c2ccc(OCC)cc2)cc1. The monoisotopic (exact) mass is 350 g/mol. The van der Waals surface area contributed by atoms with Crippen LogP contribution in [0.3, 0.4) is 0 Å². The highest BCUT2D eigenvalue weighted by molar-refractivity contribution is 5.97. The van der Waals surface area contributed by atoms with Gasteiger partial charge in [-0.2, -0.15) is 5.26 Å². The highest BCUT2D eigenvalue weighted by Gasteiger charge is 2.10. The molecule has 0 aliphatic heterocycles. The number of esters is 1. The van der Waals surface area contributed by atoms with E-state index in [9.17, 15) is 4.79 Å². The Morgan fingerprint density at radius 3 is 2.12 bits per heavy atom. The van der Waals surface area contributed by atoms with Crippen molar-refractivity contribution in [2.75, 3.05) is 25.2 Å². The zero-order valence-electron chi connectivity index (χ0n) is 15.2. The molecule has 0 aliphatic carbocycles. The quantitative estimate of drug-likeness (QED) is 0.423. The standard InChI is InChI=1S/C21H22N2O3/c1-4-25-20-12-10-19(11-13-20)23(3)18-8-6-16(7-9-18)14-17(15-22)21(24)26-5-2/h6-14H,4-5H2,1-3H3. The summed E-state index contributed by atoms with van der Waals surface area (Å²) in [6, 6.07) is 17.3. The maximum absolute atomic E-state index is 11.7. The van der Waals surface area contributed by atoms with Crippen molar-refractivity contribution in [3.8, 4) is 11.8 Å². The van der Waals surface area contributed by atoms with E-state index in [1.54, 1.807) is 6.92 Å². The molecule has 134 valence electrons. The van der Waals surface area contributed by atoms with Crippen LogP contribution in [-0.2, 0) is 9.53 Å². The van der Waals surface area contributed by atoms with E-state index in [1.807, 2.05) is 73.5 Å². The fourth-order valence-electron chi connectivity index (χ4n) is 2.39. The Morgan fingerprint density at radius 2 is 1.62 bits per heavy atom. The molecule has 0 aromatic heterocycles. The molecular weight excluding hydrogens is 328 g/mol. The van der Waals surface area contributed by atoms with E-state index in [0.717, 1.165) is 22.7 Å². The second kappa shape index (κ2) is 9.28. The van der Waals surface area contributed by atoms with Gasteiger partial charge in [-0.3, -0.25) is 0 Å². The minimum atomic E-state index is -0.606. The molecule has 0 aliphatic rings. The number of hydrogen-bond acceptors (Lipinski definition) is 5. The van der Waals surface area contributed by atoms with Gasteiger partial charge in [0.15, 0.2) is 0 Å². The van der Waals surface area contributed by atoms with Gasteiger partial charge in [-0.25, -0.2) is 4.79 Å². The molecule has 0 saturated carbocycles. The smallest absolute Gasteiger partial charge is 0.348 e. The second-order valence-corrected chi connectivity index (χ2v) is 5.47. The molecule has 2 rings (SSSR count). The van der Waals surface area contributed by atoms with E-state index in [-0.39, 0.29) is 12.2 Å². The summed E-state index contributed by atoms with van der Waals surface area (Å²) in [4.78, 5) is 13.7. The average Bonchev–Trinajstić information content (AvgIpc) is 2.67. The van der Waals surface area contributed by atoms with Gasteiger partial charge in [-0.1, -0.05) is 12.1 Å². The molecule has 5 heteroatoms. The molecule has 2 aromatic carbocycles. The van der Waals surface area contributed by atoms with Gasteiger partial charge in [0.1, 0.15) is 17.4 Å². The Bertz CT molecular complexity index is 803. The zero-order valence-corrected chi connectivity index (χ0v) is 15.2. The molecule has 0 saturated heterocycles. The van der Waals surface area contributed by atoms with Gasteiger partial charge in [-0.05, 0) is 61.9 Å². The molecule has 0 bridgehead atoms. The first-order valence-electron chi connectivity index (χ1n) is 8.44. The molecule has 0 spiro atoms. The molecule has 0 amide bonds. The van der Waals surface area contributed by atoms with Crippen molar-refractivity contribution >= 4 is 23.4 Å². The number of carbonyl (C=O) groups excluding carboxylic acids is 1. The molecule has 0 atom stereocenters. The van der Waals surface area contributed by atoms with E-state index in [1.165, 1.54) is 6.08 Å². The minimum absolute atomic E-state index is 0.0144. The number of anilines is 2. The molecule has 5 nitrogen and oxygen atoms in total. The summed E-state index contributed by atoms with van der Waals surface area (Å²) in [7, 11) is 1.97. The Hall–Kier alpha value is -3.26. The number of hydrogen-bond donors (Lipinski definition) is 0. The van der Waals surface area contributed by atoms with Gasteiger partial charge >= 0.3 is 5.97 Å². The third-order valence-corrected chi connectivity index (χ3v) is 3.74. The predicted molar refractivity (Wildman–Crippen MR) is 102 cm³/mol. The van der Waals surface area contributed by atoms with Crippen molar-refractivity contribution < 1.29 is 14.3 Å². The van der Waals surface area contributed by atoms with Crippen LogP contribution in [0.2, 0.25) is 0 Å². The fraction of sp³-hybridized carbons (Fsp3) is 0.238.